The number of nitrogens with zero attached hydrogens (tertiary/aromatic N) is 2. The van der Waals surface area contributed by atoms with Gasteiger partial charge in [0.05, 0.1) is 17.0 Å². The van der Waals surface area contributed by atoms with Gasteiger partial charge in [0, 0.05) is 19.5 Å². The highest BCUT2D eigenvalue weighted by atomic mass is 16.4. The highest BCUT2D eigenvalue weighted by Gasteiger charge is 2.35. The normalized spacial score (nSPS) is 11.0. The van der Waals surface area contributed by atoms with E-state index in [1.54, 1.807) is 6.07 Å². The van der Waals surface area contributed by atoms with Crippen molar-refractivity contribution in [3.05, 3.63) is 59.7 Å². The van der Waals surface area contributed by atoms with Crippen LogP contribution in [-0.4, -0.2) is 28.4 Å². The number of carboxylic acids is 1. The van der Waals surface area contributed by atoms with Crippen LogP contribution < -0.4 is 0 Å². The van der Waals surface area contributed by atoms with Gasteiger partial charge < -0.3 is 10.0 Å². The van der Waals surface area contributed by atoms with E-state index < -0.39 is 11.4 Å². The molecule has 0 radical (unpaired) electrons. The van der Waals surface area contributed by atoms with E-state index in [9.17, 15) is 20.0 Å². The van der Waals surface area contributed by atoms with Crippen molar-refractivity contribution in [1.82, 2.24) is 4.90 Å². The van der Waals surface area contributed by atoms with E-state index in [1.807, 2.05) is 68.1 Å². The molecular formula is C26H32N2O3. The Morgan fingerprint density at radius 1 is 1.03 bits per heavy atom. The monoisotopic (exact) mass is 420 g/mol. The second kappa shape index (κ2) is 11.3. The molecule has 0 fully saturated rings. The molecule has 0 unspecified atom stereocenters. The molecule has 0 saturated carbocycles. The molecule has 0 saturated heterocycles. The van der Waals surface area contributed by atoms with E-state index in [0.29, 0.717) is 37.9 Å². The summed E-state index contributed by atoms with van der Waals surface area (Å²) in [5.41, 5.74) is 2.67. The second-order valence-corrected chi connectivity index (χ2v) is 7.96. The van der Waals surface area contributed by atoms with Crippen molar-refractivity contribution < 1.29 is 14.7 Å². The lowest BCUT2D eigenvalue weighted by Gasteiger charge is -2.28. The number of benzene rings is 2. The molecule has 2 aromatic rings. The van der Waals surface area contributed by atoms with Gasteiger partial charge in [0.2, 0.25) is 5.91 Å². The number of hydrogen-bond donors (Lipinski definition) is 1. The van der Waals surface area contributed by atoms with Crippen LogP contribution in [0.25, 0.3) is 11.1 Å². The molecule has 2 aromatic carbocycles. The van der Waals surface area contributed by atoms with Crippen LogP contribution in [0.4, 0.5) is 0 Å². The molecule has 5 nitrogen and oxygen atoms in total. The summed E-state index contributed by atoms with van der Waals surface area (Å²) >= 11 is 0. The molecular weight excluding hydrogens is 388 g/mol. The smallest absolute Gasteiger partial charge is 0.309 e. The number of carbonyl (C=O) groups excluding carboxylic acids is 1. The Kier molecular flexibility index (Phi) is 8.81. The molecule has 0 heterocycles. The van der Waals surface area contributed by atoms with Crippen molar-refractivity contribution in [2.45, 2.75) is 59.4 Å². The van der Waals surface area contributed by atoms with E-state index in [0.717, 1.165) is 23.1 Å². The SMILES string of the molecule is CCCN(Cc1ccc(-c2ccccc2C#N)cc1)C(=O)CCC(CC)(CC)C(=O)O. The lowest BCUT2D eigenvalue weighted by molar-refractivity contribution is -0.150. The van der Waals surface area contributed by atoms with Crippen molar-refractivity contribution in [2.24, 2.45) is 5.41 Å². The van der Waals surface area contributed by atoms with Gasteiger partial charge in [-0.2, -0.15) is 5.26 Å². The molecule has 0 aliphatic carbocycles. The van der Waals surface area contributed by atoms with Gasteiger partial charge in [0.1, 0.15) is 0 Å². The minimum absolute atomic E-state index is 0.00622. The summed E-state index contributed by atoms with van der Waals surface area (Å²) in [7, 11) is 0. The maximum absolute atomic E-state index is 12.9. The fraction of sp³-hybridized carbons (Fsp3) is 0.423. The van der Waals surface area contributed by atoms with Crippen LogP contribution in [0.1, 0.15) is 64.0 Å². The standard InChI is InChI=1S/C26H32N2O3/c1-4-17-28(24(29)15-16-26(5-2,6-3)25(30)31)19-20-11-13-21(14-12-20)23-10-8-7-9-22(23)18-27/h7-14H,4-6,15-17,19H2,1-3H3,(H,30,31). The Hall–Kier alpha value is -3.13. The predicted molar refractivity (Wildman–Crippen MR) is 122 cm³/mol. The van der Waals surface area contributed by atoms with Gasteiger partial charge in [-0.25, -0.2) is 0 Å². The fourth-order valence-electron chi connectivity index (χ4n) is 3.92. The third-order valence-electron chi connectivity index (χ3n) is 6.16. The Labute approximate surface area is 185 Å². The molecule has 0 atom stereocenters. The van der Waals surface area contributed by atoms with Crippen LogP contribution in [0.5, 0.6) is 0 Å². The quantitative estimate of drug-likeness (QED) is 0.510. The summed E-state index contributed by atoms with van der Waals surface area (Å²) in [6.45, 7) is 6.90. The zero-order valence-electron chi connectivity index (χ0n) is 18.7. The predicted octanol–water partition coefficient (Wildman–Crippen LogP) is 5.64. The second-order valence-electron chi connectivity index (χ2n) is 7.96. The van der Waals surface area contributed by atoms with Crippen LogP contribution in [0.3, 0.4) is 0 Å². The molecule has 2 rings (SSSR count). The van der Waals surface area contributed by atoms with Crippen LogP contribution in [0, 0.1) is 16.7 Å². The van der Waals surface area contributed by atoms with Crippen molar-refractivity contribution in [3.63, 3.8) is 0 Å². The molecule has 164 valence electrons. The molecule has 0 spiro atoms. The van der Waals surface area contributed by atoms with E-state index in [4.69, 9.17) is 0 Å². The number of carboxylic acid groups (broad SMARTS) is 1. The first-order valence-corrected chi connectivity index (χ1v) is 11.0. The summed E-state index contributed by atoms with van der Waals surface area (Å²) in [4.78, 5) is 26.5. The molecule has 0 bridgehead atoms. The van der Waals surface area contributed by atoms with Crippen LogP contribution in [0.15, 0.2) is 48.5 Å². The topological polar surface area (TPSA) is 81.4 Å². The highest BCUT2D eigenvalue weighted by molar-refractivity contribution is 5.79. The third-order valence-corrected chi connectivity index (χ3v) is 6.16. The van der Waals surface area contributed by atoms with Crippen LogP contribution in [-0.2, 0) is 16.1 Å². The molecule has 0 aromatic heterocycles. The molecule has 1 N–H and O–H groups in total. The summed E-state index contributed by atoms with van der Waals surface area (Å²) in [5, 5.41) is 18.9. The minimum Gasteiger partial charge on any atom is -0.481 e. The number of aliphatic carboxylic acids is 1. The van der Waals surface area contributed by atoms with E-state index in [-0.39, 0.29) is 12.3 Å². The summed E-state index contributed by atoms with van der Waals surface area (Å²) in [6, 6.07) is 17.6. The Morgan fingerprint density at radius 3 is 2.23 bits per heavy atom. The minimum atomic E-state index is -0.830. The number of rotatable bonds is 11. The highest BCUT2D eigenvalue weighted by Crippen LogP contribution is 2.33. The van der Waals surface area contributed by atoms with Crippen LogP contribution in [0.2, 0.25) is 0 Å². The zero-order valence-corrected chi connectivity index (χ0v) is 18.7. The van der Waals surface area contributed by atoms with Gasteiger partial charge in [-0.1, -0.05) is 63.2 Å². The zero-order chi connectivity index (χ0) is 22.9. The Balaban J connectivity index is 2.11. The lowest BCUT2D eigenvalue weighted by atomic mass is 9.78. The van der Waals surface area contributed by atoms with Gasteiger partial charge in [0.15, 0.2) is 0 Å². The first-order chi connectivity index (χ1) is 14.9. The number of hydrogen-bond acceptors (Lipinski definition) is 3. The van der Waals surface area contributed by atoms with Gasteiger partial charge in [-0.05, 0) is 48.4 Å². The fourth-order valence-corrected chi connectivity index (χ4v) is 3.92. The molecule has 0 aliphatic heterocycles. The van der Waals surface area contributed by atoms with Crippen molar-refractivity contribution in [1.29, 1.82) is 5.26 Å². The van der Waals surface area contributed by atoms with Gasteiger partial charge in [-0.15, -0.1) is 0 Å². The summed E-state index contributed by atoms with van der Waals surface area (Å²) in [5.74, 6) is -0.825. The number of carbonyl (C=O) groups is 2. The largest absolute Gasteiger partial charge is 0.481 e. The average Bonchev–Trinajstić information content (AvgIpc) is 2.80. The van der Waals surface area contributed by atoms with Crippen LogP contribution >= 0.6 is 0 Å². The average molecular weight is 421 g/mol. The van der Waals surface area contributed by atoms with E-state index in [2.05, 4.69) is 6.07 Å². The van der Waals surface area contributed by atoms with E-state index >= 15 is 0 Å². The maximum atomic E-state index is 12.9. The Bertz CT molecular complexity index is 924. The van der Waals surface area contributed by atoms with Crippen molar-refractivity contribution >= 4 is 11.9 Å². The maximum Gasteiger partial charge on any atom is 0.309 e. The third kappa shape index (κ3) is 5.95. The molecule has 0 aliphatic rings. The molecule has 5 heteroatoms. The Morgan fingerprint density at radius 2 is 1.68 bits per heavy atom. The first kappa shape index (κ1) is 24.1. The summed E-state index contributed by atoms with van der Waals surface area (Å²) in [6.07, 6.45) is 2.47. The molecule has 31 heavy (non-hydrogen) atoms. The summed E-state index contributed by atoms with van der Waals surface area (Å²) < 4.78 is 0. The van der Waals surface area contributed by atoms with E-state index in [1.165, 1.54) is 0 Å². The van der Waals surface area contributed by atoms with Crippen molar-refractivity contribution in [2.75, 3.05) is 6.54 Å². The molecule has 1 amide bonds. The number of nitriles is 1. The van der Waals surface area contributed by atoms with Gasteiger partial charge in [-0.3, -0.25) is 9.59 Å². The van der Waals surface area contributed by atoms with Gasteiger partial charge in [0.25, 0.3) is 0 Å². The first-order valence-electron chi connectivity index (χ1n) is 11.0. The van der Waals surface area contributed by atoms with Crippen molar-refractivity contribution in [3.8, 4) is 17.2 Å². The lowest BCUT2D eigenvalue weighted by Crippen LogP contribution is -2.35. The van der Waals surface area contributed by atoms with Gasteiger partial charge >= 0.3 is 5.97 Å². The number of amides is 1.